The van der Waals surface area contributed by atoms with Crippen molar-refractivity contribution in [2.75, 3.05) is 42.2 Å². The Morgan fingerprint density at radius 1 is 0.707 bits per heavy atom. The lowest BCUT2D eigenvalue weighted by Crippen LogP contribution is -2.74. The van der Waals surface area contributed by atoms with Gasteiger partial charge in [0.1, 0.15) is 60.2 Å². The predicted octanol–water partition coefficient (Wildman–Crippen LogP) is 3.87. The summed E-state index contributed by atoms with van der Waals surface area (Å²) in [4.78, 5) is 14.5. The Kier molecular flexibility index (Phi) is 25.5. The lowest BCUT2D eigenvalue weighted by molar-refractivity contribution is -0.416. The van der Waals surface area contributed by atoms with Crippen LogP contribution in [-0.2, 0) is 66.4 Å². The molecule has 0 radical (unpaired) electrons. The van der Waals surface area contributed by atoms with E-state index in [4.69, 9.17) is 61.6 Å². The fourth-order valence-electron chi connectivity index (χ4n) is 12.0. The molecule has 470 valence electrons. The third-order valence-corrected chi connectivity index (χ3v) is 16.7. The maximum atomic E-state index is 14.5. The Labute approximate surface area is 484 Å². The zero-order valence-electron chi connectivity index (χ0n) is 51.1. The average molecular weight is 1170 g/mol. The maximum absolute atomic E-state index is 14.5. The molecular weight excluding hydrogens is 1070 g/mol. The highest BCUT2D eigenvalue weighted by Gasteiger charge is 2.64. The highest BCUT2D eigenvalue weighted by atomic mass is 16.7. The van der Waals surface area contributed by atoms with Gasteiger partial charge in [0.05, 0.1) is 67.5 Å². The van der Waals surface area contributed by atoms with Crippen LogP contribution in [0.5, 0.6) is 0 Å². The van der Waals surface area contributed by atoms with Crippen molar-refractivity contribution >= 4 is 5.97 Å². The van der Waals surface area contributed by atoms with Crippen LogP contribution in [-0.4, -0.2) is 223 Å². The molecule has 5 aliphatic heterocycles. The van der Waals surface area contributed by atoms with Gasteiger partial charge in [-0.3, -0.25) is 0 Å². The van der Waals surface area contributed by atoms with Crippen LogP contribution < -0.4 is 0 Å². The summed E-state index contributed by atoms with van der Waals surface area (Å²) < 4.78 is 79.0. The van der Waals surface area contributed by atoms with Gasteiger partial charge in [0.2, 0.25) is 5.79 Å². The minimum absolute atomic E-state index is 0.0638. The molecular formula is C60H98O22. The van der Waals surface area contributed by atoms with Crippen LogP contribution in [0, 0.1) is 11.8 Å². The summed E-state index contributed by atoms with van der Waals surface area (Å²) in [6, 6.07) is 0. The SMILES string of the molecule is COCCC[C@H]1O[C@@](O)([C@H](C)C2CC(OC)C(O)\C=C(C)/C=C(C)\C=C(\C)C(O[C@H]3O[C@H](C)[C@@H](OC)[C@H](O)[C@H]3O)C(C)\C=C(C)/C=C(OC)\C=C(\C)C(=O)O2)[C@H](OC)[C@@H](O)[C@]1(C)O[C@H]1C[C@H](O)[C@H](O[C@H]2C[C@@](C)(O)[C@H](O)[C@@H](C)O2)[C@@H](C)O1. The molecule has 4 fully saturated rings. The lowest BCUT2D eigenvalue weighted by Gasteiger charge is -2.57. The highest BCUT2D eigenvalue weighted by Crippen LogP contribution is 2.47. The molecule has 0 aromatic carbocycles. The summed E-state index contributed by atoms with van der Waals surface area (Å²) in [5.41, 5.74) is -0.215. The number of ether oxygens (including phenoxy) is 13. The number of aliphatic hydroxyl groups excluding tert-OH is 6. The van der Waals surface area contributed by atoms with Crippen molar-refractivity contribution in [1.29, 1.82) is 0 Å². The van der Waals surface area contributed by atoms with E-state index in [0.29, 0.717) is 12.0 Å². The molecule has 0 amide bonds. The van der Waals surface area contributed by atoms with Crippen LogP contribution in [0.3, 0.4) is 0 Å². The zero-order valence-corrected chi connectivity index (χ0v) is 51.1. The summed E-state index contributed by atoms with van der Waals surface area (Å²) >= 11 is 0. The van der Waals surface area contributed by atoms with Crippen LogP contribution in [0.4, 0.5) is 0 Å². The molecule has 0 aliphatic carbocycles. The number of carbonyl (C=O) groups is 1. The summed E-state index contributed by atoms with van der Waals surface area (Å²) in [6.45, 7) is 20.8. The standard InChI is InChI=1S/C60H98O22/c1-30-21-31(2)25-41(61)44(72-15)28-43(78-56(67)35(6)26-40(71-14)24-32(3)23-34(5)50(33(4)22-30)80-57-49(64)48(63)52(73-16)38(9)77-57)36(7)60(69)55(74-17)54(66)59(12,45(81-60)19-18-20-70-13)82-46-27-42(62)51(37(8)75-46)79-47-29-58(11,68)53(65)39(10)76-47/h21-26,34,36-39,41-55,57,61-66,68-69H,18-20,27-29H2,1-17H3/b30-21-,31-25-,32-23-,33-22-,35-26-,40-24+/t34?,36-,37-,38-,39-,41?,42+,43?,44?,45-,46+,47+,48-,49-,50?,51-,52-,53-,54-,55-,57-,58-,59-,60+/m1/s1. The molecule has 0 aromatic rings. The van der Waals surface area contributed by atoms with Crippen LogP contribution in [0.2, 0.25) is 0 Å². The number of allylic oxidation sites excluding steroid dienone is 7. The average Bonchev–Trinajstić information content (AvgIpc) is 3.40. The Bertz CT molecular complexity index is 2250. The van der Waals surface area contributed by atoms with E-state index in [-0.39, 0.29) is 49.5 Å². The molecule has 5 rings (SSSR count). The summed E-state index contributed by atoms with van der Waals surface area (Å²) in [7, 11) is 7.10. The van der Waals surface area contributed by atoms with Crippen LogP contribution in [0.15, 0.2) is 70.1 Å². The van der Waals surface area contributed by atoms with Gasteiger partial charge in [0, 0.05) is 65.8 Å². The van der Waals surface area contributed by atoms with Crippen molar-refractivity contribution in [1.82, 2.24) is 0 Å². The second-order valence-electron chi connectivity index (χ2n) is 23.6. The number of carbonyl (C=O) groups excluding carboxylic acids is 1. The molecule has 0 bridgehead atoms. The molecule has 0 spiro atoms. The number of cyclic esters (lactones) is 1. The first-order valence-electron chi connectivity index (χ1n) is 28.5. The first-order valence-corrected chi connectivity index (χ1v) is 28.5. The Morgan fingerprint density at radius 2 is 1.35 bits per heavy atom. The topological polar surface area (TPSA) is 299 Å². The van der Waals surface area contributed by atoms with Crippen molar-refractivity contribution in [3.05, 3.63) is 70.1 Å². The Balaban J connectivity index is 1.49. The van der Waals surface area contributed by atoms with Crippen molar-refractivity contribution < 1.29 is 107 Å². The van der Waals surface area contributed by atoms with Gasteiger partial charge >= 0.3 is 5.97 Å². The van der Waals surface area contributed by atoms with E-state index < -0.39 is 145 Å². The smallest absolute Gasteiger partial charge is 0.334 e. The van der Waals surface area contributed by atoms with Gasteiger partial charge in [-0.25, -0.2) is 4.79 Å². The lowest BCUT2D eigenvalue weighted by atomic mass is 9.75. The van der Waals surface area contributed by atoms with Crippen LogP contribution >= 0.6 is 0 Å². The molecule has 5 aliphatic rings. The molecule has 0 aromatic heterocycles. The number of hydrogen-bond acceptors (Lipinski definition) is 22. The minimum atomic E-state index is -2.43. The fraction of sp³-hybridized carbons (Fsp3) is 0.783. The van der Waals surface area contributed by atoms with E-state index in [1.54, 1.807) is 53.7 Å². The maximum Gasteiger partial charge on any atom is 0.334 e. The van der Waals surface area contributed by atoms with Crippen molar-refractivity contribution in [3.8, 4) is 0 Å². The second kappa shape index (κ2) is 30.0. The van der Waals surface area contributed by atoms with Gasteiger partial charge in [-0.1, -0.05) is 54.9 Å². The molecule has 5 unspecified atom stereocenters. The van der Waals surface area contributed by atoms with Crippen molar-refractivity contribution in [2.45, 2.75) is 249 Å². The first kappa shape index (κ1) is 69.7. The summed E-state index contributed by atoms with van der Waals surface area (Å²) in [5.74, 6) is -4.57. The molecule has 24 atom stereocenters. The largest absolute Gasteiger partial charge is 0.497 e. The zero-order chi connectivity index (χ0) is 61.3. The first-order chi connectivity index (χ1) is 38.4. The molecule has 22 nitrogen and oxygen atoms in total. The number of esters is 1. The molecule has 22 heteroatoms. The van der Waals surface area contributed by atoms with E-state index in [9.17, 15) is 45.6 Å². The van der Waals surface area contributed by atoms with E-state index in [0.717, 1.165) is 16.7 Å². The van der Waals surface area contributed by atoms with Gasteiger partial charge in [0.25, 0.3) is 0 Å². The predicted molar refractivity (Wildman–Crippen MR) is 298 cm³/mol. The van der Waals surface area contributed by atoms with Gasteiger partial charge in [-0.05, 0) is 99.8 Å². The Hall–Kier alpha value is -3.05. The summed E-state index contributed by atoms with van der Waals surface area (Å²) in [5, 5.41) is 92.6. The normalized spacial score (nSPS) is 46.8. The number of aliphatic hydroxyl groups is 8. The fourth-order valence-corrected chi connectivity index (χ4v) is 12.0. The van der Waals surface area contributed by atoms with Gasteiger partial charge < -0.3 is 102 Å². The van der Waals surface area contributed by atoms with E-state index >= 15 is 0 Å². The minimum Gasteiger partial charge on any atom is -0.497 e. The van der Waals surface area contributed by atoms with Crippen LogP contribution in [0.1, 0.15) is 115 Å². The van der Waals surface area contributed by atoms with Gasteiger partial charge in [-0.2, -0.15) is 0 Å². The number of methoxy groups -OCH3 is 5. The summed E-state index contributed by atoms with van der Waals surface area (Å²) in [6.07, 6.45) is -10.3. The highest BCUT2D eigenvalue weighted by molar-refractivity contribution is 5.88. The monoisotopic (exact) mass is 1170 g/mol. The number of rotatable bonds is 16. The molecule has 5 heterocycles. The van der Waals surface area contributed by atoms with E-state index in [1.807, 2.05) is 45.9 Å². The third kappa shape index (κ3) is 16.7. The molecule has 8 N–H and O–H groups in total. The van der Waals surface area contributed by atoms with Gasteiger partial charge in [0.15, 0.2) is 18.9 Å². The second-order valence-corrected chi connectivity index (χ2v) is 23.6. The van der Waals surface area contributed by atoms with Crippen LogP contribution in [0.25, 0.3) is 0 Å². The van der Waals surface area contributed by atoms with E-state index in [1.165, 1.54) is 55.5 Å². The van der Waals surface area contributed by atoms with Crippen molar-refractivity contribution in [3.63, 3.8) is 0 Å². The van der Waals surface area contributed by atoms with Crippen molar-refractivity contribution in [2.24, 2.45) is 11.8 Å². The quantitative estimate of drug-likeness (QED) is 0.0804. The molecule has 4 saturated heterocycles. The van der Waals surface area contributed by atoms with E-state index in [2.05, 4.69) is 0 Å². The third-order valence-electron chi connectivity index (χ3n) is 16.7. The van der Waals surface area contributed by atoms with Gasteiger partial charge in [-0.15, -0.1) is 0 Å². The molecule has 0 saturated carbocycles. The Morgan fingerprint density at radius 3 is 1.95 bits per heavy atom. The molecule has 82 heavy (non-hydrogen) atoms. The number of hydrogen-bond donors (Lipinski definition) is 8.